The fourth-order valence-electron chi connectivity index (χ4n) is 4.07. The average molecular weight is 504 g/mol. The number of aryl methyl sites for hydroxylation is 1. The number of nitrogens with one attached hydrogen (secondary N) is 1. The van der Waals surface area contributed by atoms with Crippen LogP contribution in [0.5, 0.6) is 0 Å². The number of nitrogens with zero attached hydrogens (tertiary/aromatic N) is 4. The van der Waals surface area contributed by atoms with Crippen molar-refractivity contribution in [1.82, 2.24) is 19.2 Å². The largest absolute Gasteiger partial charge is 0.333 e. The SMILES string of the molecule is Cc1ccc(S(=O)(=O)N2CCN(C(=O)CSc3nc4ccc([N+](=O)[O-])cc4[nH]3)[C@H]2C(C)C)cc1. The van der Waals surface area contributed by atoms with Gasteiger partial charge in [-0.25, -0.2) is 13.4 Å². The van der Waals surface area contributed by atoms with Crippen LogP contribution in [-0.4, -0.2) is 63.4 Å². The highest BCUT2D eigenvalue weighted by Crippen LogP contribution is 2.30. The number of thioether (sulfide) groups is 1. The second-order valence-corrected chi connectivity index (χ2v) is 11.3. The van der Waals surface area contributed by atoms with Crippen LogP contribution in [0.2, 0.25) is 0 Å². The van der Waals surface area contributed by atoms with Gasteiger partial charge in [0.25, 0.3) is 5.69 Å². The average Bonchev–Trinajstić information content (AvgIpc) is 3.42. The normalized spacial score (nSPS) is 17.1. The Morgan fingerprint density at radius 1 is 1.24 bits per heavy atom. The molecule has 180 valence electrons. The number of hydrogen-bond acceptors (Lipinski definition) is 7. The molecular formula is C22H25N5O5S2. The zero-order chi connectivity index (χ0) is 24.6. The number of rotatable bonds is 7. The molecule has 3 aromatic rings. The smallest absolute Gasteiger partial charge is 0.271 e. The molecule has 0 bridgehead atoms. The van der Waals surface area contributed by atoms with Crippen LogP contribution < -0.4 is 0 Å². The second kappa shape index (κ2) is 9.35. The first-order chi connectivity index (χ1) is 16.1. The van der Waals surface area contributed by atoms with Gasteiger partial charge in [0.15, 0.2) is 5.16 Å². The quantitative estimate of drug-likeness (QED) is 0.297. The van der Waals surface area contributed by atoms with Crippen LogP contribution in [0.4, 0.5) is 5.69 Å². The van der Waals surface area contributed by atoms with E-state index < -0.39 is 21.1 Å². The molecule has 0 spiro atoms. The molecule has 1 amide bonds. The molecule has 34 heavy (non-hydrogen) atoms. The van der Waals surface area contributed by atoms with Crippen LogP contribution in [0.1, 0.15) is 19.4 Å². The highest BCUT2D eigenvalue weighted by Gasteiger charge is 2.43. The Morgan fingerprint density at radius 3 is 2.59 bits per heavy atom. The van der Waals surface area contributed by atoms with Gasteiger partial charge in [-0.3, -0.25) is 14.9 Å². The van der Waals surface area contributed by atoms with Crippen LogP contribution >= 0.6 is 11.8 Å². The highest BCUT2D eigenvalue weighted by molar-refractivity contribution is 7.99. The molecule has 1 fully saturated rings. The van der Waals surface area contributed by atoms with Crippen molar-refractivity contribution in [2.45, 2.75) is 37.0 Å². The van der Waals surface area contributed by atoms with Gasteiger partial charge in [0.1, 0.15) is 6.17 Å². The predicted octanol–water partition coefficient (Wildman–Crippen LogP) is 3.39. The molecule has 0 saturated carbocycles. The van der Waals surface area contributed by atoms with Crippen LogP contribution in [0.3, 0.4) is 0 Å². The molecule has 12 heteroatoms. The first-order valence-corrected chi connectivity index (χ1v) is 13.2. The number of aromatic nitrogens is 2. The molecule has 0 aliphatic carbocycles. The number of fused-ring (bicyclic) bond motifs is 1. The maximum atomic E-state index is 13.3. The summed E-state index contributed by atoms with van der Waals surface area (Å²) in [5.41, 5.74) is 2.00. The fraction of sp³-hybridized carbons (Fsp3) is 0.364. The zero-order valence-corrected chi connectivity index (χ0v) is 20.6. The third-order valence-electron chi connectivity index (χ3n) is 5.71. The van der Waals surface area contributed by atoms with E-state index in [1.54, 1.807) is 35.2 Å². The first-order valence-electron chi connectivity index (χ1n) is 10.7. The van der Waals surface area contributed by atoms with E-state index in [2.05, 4.69) is 9.97 Å². The summed E-state index contributed by atoms with van der Waals surface area (Å²) in [7, 11) is -3.75. The monoisotopic (exact) mass is 503 g/mol. The molecule has 10 nitrogen and oxygen atoms in total. The van der Waals surface area contributed by atoms with Crippen LogP contribution in [0.15, 0.2) is 52.5 Å². The van der Waals surface area contributed by atoms with Crippen LogP contribution in [0, 0.1) is 23.0 Å². The lowest BCUT2D eigenvalue weighted by molar-refractivity contribution is -0.384. The minimum Gasteiger partial charge on any atom is -0.333 e. The van der Waals surface area contributed by atoms with E-state index >= 15 is 0 Å². The van der Waals surface area contributed by atoms with Gasteiger partial charge in [0, 0.05) is 25.2 Å². The molecule has 1 atom stereocenters. The van der Waals surface area contributed by atoms with Crippen molar-refractivity contribution >= 4 is 44.4 Å². The summed E-state index contributed by atoms with van der Waals surface area (Å²) in [6.07, 6.45) is -0.585. The number of amides is 1. The number of H-pyrrole nitrogens is 1. The number of carbonyl (C=O) groups is 1. The summed E-state index contributed by atoms with van der Waals surface area (Å²) >= 11 is 1.18. The third kappa shape index (κ3) is 4.65. The van der Waals surface area contributed by atoms with E-state index in [4.69, 9.17) is 0 Å². The summed E-state index contributed by atoms with van der Waals surface area (Å²) in [6, 6.07) is 11.0. The van der Waals surface area contributed by atoms with E-state index in [1.807, 2.05) is 20.8 Å². The molecule has 1 N–H and O–H groups in total. The molecule has 1 aliphatic heterocycles. The highest BCUT2D eigenvalue weighted by atomic mass is 32.2. The number of aromatic amines is 1. The van der Waals surface area contributed by atoms with Gasteiger partial charge in [-0.1, -0.05) is 43.3 Å². The summed E-state index contributed by atoms with van der Waals surface area (Å²) < 4.78 is 28.0. The molecule has 2 heterocycles. The Labute approximate surface area is 201 Å². The number of nitro benzene ring substituents is 1. The third-order valence-corrected chi connectivity index (χ3v) is 8.45. The number of hydrogen-bond donors (Lipinski definition) is 1. The van der Waals surface area contributed by atoms with Crippen molar-refractivity contribution in [2.75, 3.05) is 18.8 Å². The Hall–Kier alpha value is -2.96. The van der Waals surface area contributed by atoms with E-state index in [-0.39, 0.29) is 34.7 Å². The lowest BCUT2D eigenvalue weighted by Crippen LogP contribution is -2.48. The minimum absolute atomic E-state index is 0.0458. The van der Waals surface area contributed by atoms with Crippen molar-refractivity contribution < 1.29 is 18.1 Å². The first kappa shape index (κ1) is 24.2. The second-order valence-electron chi connectivity index (χ2n) is 8.46. The molecule has 4 rings (SSSR count). The van der Waals surface area contributed by atoms with Gasteiger partial charge < -0.3 is 9.88 Å². The van der Waals surface area contributed by atoms with E-state index in [1.165, 1.54) is 28.2 Å². The summed E-state index contributed by atoms with van der Waals surface area (Å²) in [5, 5.41) is 11.4. The van der Waals surface area contributed by atoms with Gasteiger partial charge in [0.2, 0.25) is 15.9 Å². The maximum absolute atomic E-state index is 13.3. The van der Waals surface area contributed by atoms with Gasteiger partial charge in [-0.05, 0) is 31.0 Å². The lowest BCUT2D eigenvalue weighted by atomic mass is 10.1. The Kier molecular flexibility index (Phi) is 6.65. The number of non-ortho nitro benzene ring substituents is 1. The van der Waals surface area contributed by atoms with Crippen molar-refractivity contribution in [3.63, 3.8) is 0 Å². The predicted molar refractivity (Wildman–Crippen MR) is 129 cm³/mol. The molecule has 1 saturated heterocycles. The Balaban J connectivity index is 1.49. The standard InChI is InChI=1S/C22H25N5O5S2/c1-14(2)21-25(10-11-26(21)34(31,32)17-7-4-15(3)5-8-17)20(28)13-33-22-23-18-9-6-16(27(29)30)12-19(18)24-22/h4-9,12,14,21H,10-11,13H2,1-3H3,(H,23,24)/t21-/m1/s1. The van der Waals surface area contributed by atoms with E-state index in [9.17, 15) is 23.3 Å². The van der Waals surface area contributed by atoms with Crippen molar-refractivity contribution in [3.8, 4) is 0 Å². The number of carbonyl (C=O) groups excluding carboxylic acids is 1. The summed E-state index contributed by atoms with van der Waals surface area (Å²) in [6.45, 7) is 6.22. The van der Waals surface area contributed by atoms with Crippen molar-refractivity contribution in [1.29, 1.82) is 0 Å². The summed E-state index contributed by atoms with van der Waals surface area (Å²) in [4.78, 5) is 32.8. The lowest BCUT2D eigenvalue weighted by Gasteiger charge is -2.32. The van der Waals surface area contributed by atoms with Crippen molar-refractivity contribution in [2.24, 2.45) is 5.92 Å². The number of nitro groups is 1. The molecule has 2 aromatic carbocycles. The minimum atomic E-state index is -3.75. The topological polar surface area (TPSA) is 130 Å². The Morgan fingerprint density at radius 2 is 1.94 bits per heavy atom. The number of imidazole rings is 1. The molecule has 0 unspecified atom stereocenters. The van der Waals surface area contributed by atoms with Gasteiger partial charge in [-0.15, -0.1) is 0 Å². The zero-order valence-electron chi connectivity index (χ0n) is 19.0. The van der Waals surface area contributed by atoms with E-state index in [0.717, 1.165) is 5.56 Å². The van der Waals surface area contributed by atoms with Crippen molar-refractivity contribution in [3.05, 3.63) is 58.1 Å². The Bertz CT molecular complexity index is 1340. The van der Waals surface area contributed by atoms with E-state index in [0.29, 0.717) is 22.7 Å². The van der Waals surface area contributed by atoms with Gasteiger partial charge in [-0.2, -0.15) is 4.31 Å². The molecule has 0 radical (unpaired) electrons. The summed E-state index contributed by atoms with van der Waals surface area (Å²) in [5.74, 6) is -0.246. The maximum Gasteiger partial charge on any atom is 0.271 e. The van der Waals surface area contributed by atoms with Crippen LogP contribution in [-0.2, 0) is 14.8 Å². The van der Waals surface area contributed by atoms with Crippen LogP contribution in [0.25, 0.3) is 11.0 Å². The molecule has 1 aliphatic rings. The fourth-order valence-corrected chi connectivity index (χ4v) is 6.55. The number of benzene rings is 2. The van der Waals surface area contributed by atoms with Gasteiger partial charge in [0.05, 0.1) is 26.6 Å². The number of sulfonamides is 1. The van der Waals surface area contributed by atoms with Gasteiger partial charge >= 0.3 is 0 Å². The molecule has 1 aromatic heterocycles. The molecular weight excluding hydrogens is 478 g/mol.